The molecule has 20 heavy (non-hydrogen) atoms. The van der Waals surface area contributed by atoms with E-state index in [0.29, 0.717) is 6.04 Å². The van der Waals surface area contributed by atoms with Crippen LogP contribution in [0.1, 0.15) is 37.8 Å². The smallest absolute Gasteiger partial charge is 0.182 e. The van der Waals surface area contributed by atoms with Crippen LogP contribution < -0.4 is 16.4 Å². The normalized spacial score (nSPS) is 22.9. The summed E-state index contributed by atoms with van der Waals surface area (Å²) in [5, 5.41) is 18.5. The van der Waals surface area contributed by atoms with Crippen LogP contribution >= 0.6 is 11.3 Å². The van der Waals surface area contributed by atoms with Crippen LogP contribution in [0.2, 0.25) is 0 Å². The minimum Gasteiger partial charge on any atom is -0.390 e. The Kier molecular flexibility index (Phi) is 6.72. The SMILES string of the molecule is NC1CCC(CNCCCNc2nc(CO)cs2)CC1. The van der Waals surface area contributed by atoms with E-state index >= 15 is 0 Å². The summed E-state index contributed by atoms with van der Waals surface area (Å²) in [7, 11) is 0. The second-order valence-electron chi connectivity index (χ2n) is 5.57. The highest BCUT2D eigenvalue weighted by molar-refractivity contribution is 7.13. The summed E-state index contributed by atoms with van der Waals surface area (Å²) >= 11 is 1.55. The van der Waals surface area contributed by atoms with Gasteiger partial charge in [0, 0.05) is 18.0 Å². The van der Waals surface area contributed by atoms with Crippen LogP contribution in [0, 0.1) is 5.92 Å². The number of aliphatic hydroxyl groups is 1. The van der Waals surface area contributed by atoms with Crippen LogP contribution in [0.5, 0.6) is 0 Å². The van der Waals surface area contributed by atoms with Gasteiger partial charge in [-0.3, -0.25) is 0 Å². The van der Waals surface area contributed by atoms with Gasteiger partial charge >= 0.3 is 0 Å². The number of aliphatic hydroxyl groups excluding tert-OH is 1. The van der Waals surface area contributed by atoms with Gasteiger partial charge in [0.05, 0.1) is 12.3 Å². The number of nitrogens with zero attached hydrogens (tertiary/aromatic N) is 1. The summed E-state index contributed by atoms with van der Waals surface area (Å²) in [6, 6.07) is 0.442. The molecule has 1 heterocycles. The molecule has 0 atom stereocenters. The van der Waals surface area contributed by atoms with Gasteiger partial charge in [0.25, 0.3) is 0 Å². The summed E-state index contributed by atoms with van der Waals surface area (Å²) in [4.78, 5) is 4.25. The highest BCUT2D eigenvalue weighted by Crippen LogP contribution is 2.22. The zero-order chi connectivity index (χ0) is 14.2. The van der Waals surface area contributed by atoms with Crippen molar-refractivity contribution in [3.05, 3.63) is 11.1 Å². The number of aromatic nitrogens is 1. The first-order valence-corrected chi connectivity index (χ1v) is 8.41. The molecule has 6 heteroatoms. The maximum Gasteiger partial charge on any atom is 0.182 e. The Balaban J connectivity index is 1.47. The topological polar surface area (TPSA) is 83.2 Å². The van der Waals surface area contributed by atoms with Crippen molar-refractivity contribution >= 4 is 16.5 Å². The van der Waals surface area contributed by atoms with Crippen molar-refractivity contribution in [2.24, 2.45) is 11.7 Å². The fourth-order valence-corrected chi connectivity index (χ4v) is 3.30. The monoisotopic (exact) mass is 298 g/mol. The highest BCUT2D eigenvalue weighted by Gasteiger charge is 2.17. The lowest BCUT2D eigenvalue weighted by atomic mass is 9.86. The molecule has 1 saturated carbocycles. The molecule has 1 fully saturated rings. The highest BCUT2D eigenvalue weighted by atomic mass is 32.1. The number of hydrogen-bond acceptors (Lipinski definition) is 6. The maximum atomic E-state index is 8.93. The molecule has 1 aliphatic carbocycles. The van der Waals surface area contributed by atoms with E-state index in [1.165, 1.54) is 25.7 Å². The zero-order valence-corrected chi connectivity index (χ0v) is 12.8. The summed E-state index contributed by atoms with van der Waals surface area (Å²) in [5.74, 6) is 0.814. The first-order chi connectivity index (χ1) is 9.78. The number of hydrogen-bond donors (Lipinski definition) is 4. The van der Waals surface area contributed by atoms with Crippen molar-refractivity contribution in [3.8, 4) is 0 Å². The Bertz CT molecular complexity index is 377. The van der Waals surface area contributed by atoms with Crippen LogP contribution in [0.25, 0.3) is 0 Å². The van der Waals surface area contributed by atoms with Gasteiger partial charge in [-0.2, -0.15) is 0 Å². The quantitative estimate of drug-likeness (QED) is 0.547. The molecule has 0 saturated heterocycles. The average Bonchev–Trinajstić information content (AvgIpc) is 2.92. The number of nitrogens with one attached hydrogen (secondary N) is 2. The van der Waals surface area contributed by atoms with Gasteiger partial charge in [0.2, 0.25) is 0 Å². The van der Waals surface area contributed by atoms with E-state index in [9.17, 15) is 0 Å². The summed E-state index contributed by atoms with van der Waals surface area (Å²) in [6.45, 7) is 3.10. The fraction of sp³-hybridized carbons (Fsp3) is 0.786. The van der Waals surface area contributed by atoms with Gasteiger partial charge in [-0.1, -0.05) is 0 Å². The lowest BCUT2D eigenvalue weighted by Crippen LogP contribution is -2.32. The van der Waals surface area contributed by atoms with Gasteiger partial charge in [-0.05, 0) is 51.1 Å². The third kappa shape index (κ3) is 5.36. The number of anilines is 1. The Hall–Kier alpha value is -0.690. The lowest BCUT2D eigenvalue weighted by molar-refractivity contribution is 0.278. The molecule has 0 bridgehead atoms. The van der Waals surface area contributed by atoms with Crippen molar-refractivity contribution < 1.29 is 5.11 Å². The second kappa shape index (κ2) is 8.56. The molecule has 1 aliphatic rings. The third-order valence-corrected chi connectivity index (χ3v) is 4.69. The first kappa shape index (κ1) is 15.7. The Labute approximate surface area is 125 Å². The lowest BCUT2D eigenvalue weighted by Gasteiger charge is -2.26. The molecule has 2 rings (SSSR count). The minimum atomic E-state index is 0.0186. The molecule has 0 amide bonds. The molecule has 5 nitrogen and oxygen atoms in total. The molecule has 0 spiro atoms. The van der Waals surface area contributed by atoms with Crippen molar-refractivity contribution in [1.82, 2.24) is 10.3 Å². The van der Waals surface area contributed by atoms with Gasteiger partial charge < -0.3 is 21.5 Å². The van der Waals surface area contributed by atoms with Crippen molar-refractivity contribution in [2.45, 2.75) is 44.8 Å². The van der Waals surface area contributed by atoms with Crippen LogP contribution in [0.3, 0.4) is 0 Å². The number of nitrogens with two attached hydrogens (primary N) is 1. The van der Waals surface area contributed by atoms with Crippen LogP contribution in [-0.4, -0.2) is 35.8 Å². The molecule has 0 unspecified atom stereocenters. The van der Waals surface area contributed by atoms with E-state index in [1.807, 2.05) is 5.38 Å². The minimum absolute atomic E-state index is 0.0186. The molecule has 1 aromatic heterocycles. The van der Waals surface area contributed by atoms with Crippen LogP contribution in [0.15, 0.2) is 5.38 Å². The van der Waals surface area contributed by atoms with Crippen molar-refractivity contribution in [2.75, 3.05) is 25.0 Å². The molecule has 0 aromatic carbocycles. The molecular formula is C14H26N4OS. The van der Waals surface area contributed by atoms with Crippen molar-refractivity contribution in [1.29, 1.82) is 0 Å². The van der Waals surface area contributed by atoms with Gasteiger partial charge in [0.1, 0.15) is 0 Å². The van der Waals surface area contributed by atoms with Gasteiger partial charge in [0.15, 0.2) is 5.13 Å². The molecule has 1 aromatic rings. The Morgan fingerprint density at radius 2 is 2.10 bits per heavy atom. The Morgan fingerprint density at radius 1 is 1.30 bits per heavy atom. The largest absolute Gasteiger partial charge is 0.390 e. The molecule has 5 N–H and O–H groups in total. The standard InChI is InChI=1S/C14H26N4OS/c15-12-4-2-11(3-5-12)8-16-6-1-7-17-14-18-13(9-19)10-20-14/h10-12,16,19H,1-9,15H2,(H,17,18). The number of rotatable bonds is 8. The van der Waals surface area contributed by atoms with E-state index in [4.69, 9.17) is 10.8 Å². The van der Waals surface area contributed by atoms with Crippen LogP contribution in [-0.2, 0) is 6.61 Å². The summed E-state index contributed by atoms with van der Waals surface area (Å²) < 4.78 is 0. The molecule has 114 valence electrons. The van der Waals surface area contributed by atoms with E-state index in [0.717, 1.165) is 42.8 Å². The predicted octanol–water partition coefficient (Wildman–Crippen LogP) is 1.54. The van der Waals surface area contributed by atoms with Gasteiger partial charge in [-0.25, -0.2) is 4.98 Å². The predicted molar refractivity (Wildman–Crippen MR) is 83.9 cm³/mol. The van der Waals surface area contributed by atoms with E-state index in [1.54, 1.807) is 11.3 Å². The number of thiazole rings is 1. The van der Waals surface area contributed by atoms with Crippen molar-refractivity contribution in [3.63, 3.8) is 0 Å². The second-order valence-corrected chi connectivity index (χ2v) is 6.43. The van der Waals surface area contributed by atoms with E-state index in [-0.39, 0.29) is 6.61 Å². The molecular weight excluding hydrogens is 272 g/mol. The summed E-state index contributed by atoms with van der Waals surface area (Å²) in [5.41, 5.74) is 6.65. The third-order valence-electron chi connectivity index (χ3n) is 3.84. The zero-order valence-electron chi connectivity index (χ0n) is 12.0. The average molecular weight is 298 g/mol. The fourth-order valence-electron chi connectivity index (χ4n) is 2.57. The van der Waals surface area contributed by atoms with E-state index in [2.05, 4.69) is 15.6 Å². The molecule has 0 aliphatic heterocycles. The summed E-state index contributed by atoms with van der Waals surface area (Å²) in [6.07, 6.45) is 6.00. The maximum absolute atomic E-state index is 8.93. The Morgan fingerprint density at radius 3 is 2.80 bits per heavy atom. The molecule has 0 radical (unpaired) electrons. The van der Waals surface area contributed by atoms with Gasteiger partial charge in [-0.15, -0.1) is 11.3 Å². The first-order valence-electron chi connectivity index (χ1n) is 7.53. The van der Waals surface area contributed by atoms with Crippen LogP contribution in [0.4, 0.5) is 5.13 Å². The van der Waals surface area contributed by atoms with E-state index < -0.39 is 0 Å².